The van der Waals surface area contributed by atoms with E-state index in [2.05, 4.69) is 15.6 Å². The minimum atomic E-state index is -0.251. The standard InChI is InChI=1S/C17H26FN3O2.HI/c1-4-19-17(21-11-9-16(22)23-13(2)3)20-10-8-14-6-5-7-15(18)12-14;/h5-7,12-13H,4,8-11H2,1-3H3,(H2,19,20,21);1H. The van der Waals surface area contributed by atoms with E-state index >= 15 is 0 Å². The molecule has 24 heavy (non-hydrogen) atoms. The van der Waals surface area contributed by atoms with E-state index in [4.69, 9.17) is 4.74 Å². The van der Waals surface area contributed by atoms with Crippen LogP contribution in [0, 0.1) is 5.82 Å². The van der Waals surface area contributed by atoms with Gasteiger partial charge in [0, 0.05) is 13.1 Å². The summed E-state index contributed by atoms with van der Waals surface area (Å²) in [6, 6.07) is 6.54. The van der Waals surface area contributed by atoms with Gasteiger partial charge in [-0.15, -0.1) is 24.0 Å². The summed E-state index contributed by atoms with van der Waals surface area (Å²) in [6.07, 6.45) is 0.833. The highest BCUT2D eigenvalue weighted by molar-refractivity contribution is 14.0. The summed E-state index contributed by atoms with van der Waals surface area (Å²) in [5.74, 6) is 0.160. The van der Waals surface area contributed by atoms with Crippen molar-refractivity contribution in [2.75, 3.05) is 19.6 Å². The van der Waals surface area contributed by atoms with E-state index in [9.17, 15) is 9.18 Å². The average Bonchev–Trinajstić information content (AvgIpc) is 2.46. The number of hydrogen-bond acceptors (Lipinski definition) is 3. The van der Waals surface area contributed by atoms with Crippen molar-refractivity contribution in [3.8, 4) is 0 Å². The Balaban J connectivity index is 0.00000529. The second-order valence-corrected chi connectivity index (χ2v) is 5.36. The van der Waals surface area contributed by atoms with E-state index in [0.29, 0.717) is 25.5 Å². The highest BCUT2D eigenvalue weighted by Gasteiger charge is 2.05. The van der Waals surface area contributed by atoms with Gasteiger partial charge in [-0.25, -0.2) is 4.39 Å². The molecule has 136 valence electrons. The predicted octanol–water partition coefficient (Wildman–Crippen LogP) is 2.88. The monoisotopic (exact) mass is 451 g/mol. The molecule has 0 saturated carbocycles. The minimum absolute atomic E-state index is 0. The number of rotatable bonds is 8. The van der Waals surface area contributed by atoms with Crippen molar-refractivity contribution in [3.05, 3.63) is 35.6 Å². The number of ether oxygens (including phenoxy) is 1. The van der Waals surface area contributed by atoms with Crippen molar-refractivity contribution in [2.45, 2.75) is 39.7 Å². The molecule has 2 N–H and O–H groups in total. The lowest BCUT2D eigenvalue weighted by atomic mass is 10.1. The molecule has 0 spiro atoms. The molecule has 1 aromatic carbocycles. The number of halogens is 2. The summed E-state index contributed by atoms with van der Waals surface area (Å²) in [5.41, 5.74) is 0.925. The Morgan fingerprint density at radius 3 is 2.71 bits per heavy atom. The van der Waals surface area contributed by atoms with E-state index in [1.165, 1.54) is 12.1 Å². The van der Waals surface area contributed by atoms with E-state index < -0.39 is 0 Å². The van der Waals surface area contributed by atoms with Crippen LogP contribution < -0.4 is 10.6 Å². The number of nitrogens with zero attached hydrogens (tertiary/aromatic N) is 1. The molecule has 0 heterocycles. The SMILES string of the molecule is CCNC(=NCCC(=O)OC(C)C)NCCc1cccc(F)c1.I. The largest absolute Gasteiger partial charge is 0.463 e. The highest BCUT2D eigenvalue weighted by atomic mass is 127. The van der Waals surface area contributed by atoms with Crippen LogP contribution in [0.3, 0.4) is 0 Å². The zero-order chi connectivity index (χ0) is 17.1. The van der Waals surface area contributed by atoms with Crippen molar-refractivity contribution in [1.29, 1.82) is 0 Å². The Morgan fingerprint density at radius 1 is 1.33 bits per heavy atom. The number of carbonyl (C=O) groups excluding carboxylic acids is 1. The maximum absolute atomic E-state index is 13.1. The van der Waals surface area contributed by atoms with Gasteiger partial charge in [0.15, 0.2) is 5.96 Å². The fourth-order valence-electron chi connectivity index (χ4n) is 1.94. The van der Waals surface area contributed by atoms with E-state index in [1.807, 2.05) is 26.8 Å². The molecule has 0 atom stereocenters. The predicted molar refractivity (Wildman–Crippen MR) is 105 cm³/mol. The fraction of sp³-hybridized carbons (Fsp3) is 0.529. The molecule has 0 bridgehead atoms. The number of nitrogens with one attached hydrogen (secondary N) is 2. The summed E-state index contributed by atoms with van der Waals surface area (Å²) in [5, 5.41) is 6.27. The number of guanidine groups is 1. The molecule has 5 nitrogen and oxygen atoms in total. The minimum Gasteiger partial charge on any atom is -0.463 e. The van der Waals surface area contributed by atoms with E-state index in [1.54, 1.807) is 6.07 Å². The summed E-state index contributed by atoms with van der Waals surface area (Å²) in [4.78, 5) is 15.8. The molecular formula is C17H27FIN3O2. The Labute approximate surface area is 160 Å². The van der Waals surface area contributed by atoms with Crippen LogP contribution >= 0.6 is 24.0 Å². The van der Waals surface area contributed by atoms with Gasteiger partial charge >= 0.3 is 5.97 Å². The molecular weight excluding hydrogens is 424 g/mol. The van der Waals surface area contributed by atoms with Crippen LogP contribution in [0.15, 0.2) is 29.3 Å². The topological polar surface area (TPSA) is 62.7 Å². The number of benzene rings is 1. The van der Waals surface area contributed by atoms with Crippen LogP contribution in [0.1, 0.15) is 32.8 Å². The van der Waals surface area contributed by atoms with E-state index in [-0.39, 0.29) is 48.3 Å². The van der Waals surface area contributed by atoms with Gasteiger partial charge in [-0.3, -0.25) is 9.79 Å². The van der Waals surface area contributed by atoms with Gasteiger partial charge in [-0.1, -0.05) is 12.1 Å². The Morgan fingerprint density at radius 2 is 2.08 bits per heavy atom. The second kappa shape index (κ2) is 13.0. The van der Waals surface area contributed by atoms with Gasteiger partial charge in [0.1, 0.15) is 5.82 Å². The van der Waals surface area contributed by atoms with Crippen molar-refractivity contribution in [1.82, 2.24) is 10.6 Å². The third kappa shape index (κ3) is 10.4. The van der Waals surface area contributed by atoms with Gasteiger partial charge in [-0.2, -0.15) is 0 Å². The van der Waals surface area contributed by atoms with Crippen LogP contribution in [-0.4, -0.2) is 37.7 Å². The molecule has 0 aliphatic heterocycles. The summed E-state index contributed by atoms with van der Waals surface area (Å²) in [7, 11) is 0. The fourth-order valence-corrected chi connectivity index (χ4v) is 1.94. The zero-order valence-corrected chi connectivity index (χ0v) is 16.8. The first-order chi connectivity index (χ1) is 11.0. The average molecular weight is 451 g/mol. The second-order valence-electron chi connectivity index (χ2n) is 5.36. The van der Waals surface area contributed by atoms with Crippen LogP contribution in [0.5, 0.6) is 0 Å². The van der Waals surface area contributed by atoms with Crippen molar-refractivity contribution >= 4 is 35.9 Å². The van der Waals surface area contributed by atoms with Crippen LogP contribution in [0.4, 0.5) is 4.39 Å². The lowest BCUT2D eigenvalue weighted by molar-refractivity contribution is -0.147. The Bertz CT molecular complexity index is 524. The number of carbonyl (C=O) groups is 1. The lowest BCUT2D eigenvalue weighted by Gasteiger charge is -2.11. The molecule has 0 aliphatic carbocycles. The van der Waals surface area contributed by atoms with Gasteiger partial charge in [0.2, 0.25) is 0 Å². The van der Waals surface area contributed by atoms with Crippen molar-refractivity contribution in [2.24, 2.45) is 4.99 Å². The quantitative estimate of drug-likeness (QED) is 0.276. The Kier molecular flexibility index (Phi) is 12.2. The van der Waals surface area contributed by atoms with Crippen molar-refractivity contribution < 1.29 is 13.9 Å². The van der Waals surface area contributed by atoms with Crippen LogP contribution in [0.2, 0.25) is 0 Å². The smallest absolute Gasteiger partial charge is 0.307 e. The molecule has 7 heteroatoms. The normalized spacial score (nSPS) is 11.0. The third-order valence-electron chi connectivity index (χ3n) is 2.89. The van der Waals surface area contributed by atoms with Crippen LogP contribution in [0.25, 0.3) is 0 Å². The molecule has 0 radical (unpaired) electrons. The van der Waals surface area contributed by atoms with Gasteiger partial charge < -0.3 is 15.4 Å². The maximum atomic E-state index is 13.1. The lowest BCUT2D eigenvalue weighted by Crippen LogP contribution is -2.38. The summed E-state index contributed by atoms with van der Waals surface area (Å²) in [6.45, 7) is 7.32. The number of esters is 1. The highest BCUT2D eigenvalue weighted by Crippen LogP contribution is 2.03. The maximum Gasteiger partial charge on any atom is 0.307 e. The first-order valence-electron chi connectivity index (χ1n) is 7.97. The Hall–Kier alpha value is -1.38. The molecule has 1 rings (SSSR count). The third-order valence-corrected chi connectivity index (χ3v) is 2.89. The molecule has 0 amide bonds. The zero-order valence-electron chi connectivity index (χ0n) is 14.5. The van der Waals surface area contributed by atoms with Gasteiger partial charge in [0.25, 0.3) is 0 Å². The number of aliphatic imine (C=N–C) groups is 1. The molecule has 0 fully saturated rings. The molecule has 0 unspecified atom stereocenters. The first kappa shape index (κ1) is 22.6. The number of hydrogen-bond donors (Lipinski definition) is 2. The molecule has 0 aliphatic rings. The van der Waals surface area contributed by atoms with Gasteiger partial charge in [0.05, 0.1) is 19.1 Å². The molecule has 0 saturated heterocycles. The molecule has 1 aromatic rings. The van der Waals surface area contributed by atoms with Crippen molar-refractivity contribution in [3.63, 3.8) is 0 Å². The van der Waals surface area contributed by atoms with Gasteiger partial charge in [-0.05, 0) is 44.9 Å². The first-order valence-corrected chi connectivity index (χ1v) is 7.97. The van der Waals surface area contributed by atoms with Crippen LogP contribution in [-0.2, 0) is 16.0 Å². The van der Waals surface area contributed by atoms with E-state index in [0.717, 1.165) is 12.1 Å². The summed E-state index contributed by atoms with van der Waals surface area (Å²) >= 11 is 0. The molecule has 0 aromatic heterocycles. The summed E-state index contributed by atoms with van der Waals surface area (Å²) < 4.78 is 18.2.